The first-order valence-electron chi connectivity index (χ1n) is 5.32. The lowest BCUT2D eigenvalue weighted by Crippen LogP contribution is -2.63. The Morgan fingerprint density at radius 3 is 2.65 bits per heavy atom. The number of amidine groups is 1. The maximum absolute atomic E-state index is 10.5. The molecule has 0 amide bonds. The predicted molar refractivity (Wildman–Crippen MR) is 68.7 cm³/mol. The number of nitro groups is 1. The summed E-state index contributed by atoms with van der Waals surface area (Å²) in [7, 11) is 0. The molecule has 0 radical (unpaired) electrons. The van der Waals surface area contributed by atoms with E-state index in [0.717, 1.165) is 0 Å². The lowest BCUT2D eigenvalue weighted by Gasteiger charge is -1.90. The van der Waals surface area contributed by atoms with Crippen molar-refractivity contribution in [3.8, 4) is 0 Å². The van der Waals surface area contributed by atoms with Crippen molar-refractivity contribution in [2.24, 2.45) is 10.8 Å². The lowest BCUT2D eigenvalue weighted by atomic mass is 10.2. The zero-order chi connectivity index (χ0) is 14.5. The second kappa shape index (κ2) is 5.56. The third-order valence-electron chi connectivity index (χ3n) is 2.28. The van der Waals surface area contributed by atoms with Crippen LogP contribution in [0, 0.1) is 10.1 Å². The summed E-state index contributed by atoms with van der Waals surface area (Å²) in [4.78, 5) is 10.0. The van der Waals surface area contributed by atoms with E-state index in [0.29, 0.717) is 5.56 Å². The molecular weight excluding hydrogens is 266 g/mol. The number of nitrogens with one attached hydrogen (secondary N) is 1. The van der Waals surface area contributed by atoms with E-state index in [4.69, 9.17) is 11.5 Å². The molecule has 0 aliphatic rings. The van der Waals surface area contributed by atoms with Crippen molar-refractivity contribution in [3.05, 3.63) is 45.6 Å². The standard InChI is InChI=1S/C10H9N7O3/c11-9(8-10(12)16-20-15-8)14-13-5-6-1-3-7(4-2-6)17(18)19/h1-5H,(H2,11,14)(H2,12,16)/p+1/b13-5-. The summed E-state index contributed by atoms with van der Waals surface area (Å²) in [5.74, 6) is 0.0327. The number of benzene rings is 1. The molecule has 10 nitrogen and oxygen atoms in total. The second-order valence-electron chi connectivity index (χ2n) is 3.62. The van der Waals surface area contributed by atoms with Crippen LogP contribution in [0.25, 0.3) is 0 Å². The molecule has 102 valence electrons. The minimum Gasteiger partial charge on any atom is -0.379 e. The van der Waals surface area contributed by atoms with E-state index in [9.17, 15) is 10.1 Å². The molecule has 0 spiro atoms. The van der Waals surface area contributed by atoms with Gasteiger partial charge in [-0.3, -0.25) is 10.1 Å². The summed E-state index contributed by atoms with van der Waals surface area (Å²) < 4.78 is 4.38. The molecule has 5 N–H and O–H groups in total. The summed E-state index contributed by atoms with van der Waals surface area (Å²) in [5.41, 5.74) is 11.9. The van der Waals surface area contributed by atoms with Gasteiger partial charge >= 0.3 is 0 Å². The summed E-state index contributed by atoms with van der Waals surface area (Å²) in [5, 5.41) is 23.7. The van der Waals surface area contributed by atoms with Gasteiger partial charge in [0.25, 0.3) is 5.69 Å². The fraction of sp³-hybridized carbons (Fsp3) is 0. The highest BCUT2D eigenvalue weighted by Crippen LogP contribution is 2.09. The number of aromatic nitrogens is 2. The topological polar surface area (TPSA) is 160 Å². The molecule has 2 rings (SSSR count). The Morgan fingerprint density at radius 1 is 1.40 bits per heavy atom. The van der Waals surface area contributed by atoms with Crippen LogP contribution in [0.1, 0.15) is 11.3 Å². The van der Waals surface area contributed by atoms with E-state index >= 15 is 0 Å². The molecule has 10 heteroatoms. The number of nitrogens with two attached hydrogens (primary N) is 2. The van der Waals surface area contributed by atoms with Gasteiger partial charge in [-0.25, -0.2) is 4.63 Å². The van der Waals surface area contributed by atoms with Gasteiger partial charge in [-0.05, 0) is 22.4 Å². The van der Waals surface area contributed by atoms with Crippen LogP contribution in [0.2, 0.25) is 0 Å². The van der Waals surface area contributed by atoms with E-state index in [1.807, 2.05) is 0 Å². The predicted octanol–water partition coefficient (Wildman–Crippen LogP) is -1.62. The van der Waals surface area contributed by atoms with Crippen LogP contribution in [0.4, 0.5) is 11.5 Å². The Hall–Kier alpha value is -3.30. The van der Waals surface area contributed by atoms with Crippen molar-refractivity contribution in [1.29, 1.82) is 0 Å². The average Bonchev–Trinajstić information content (AvgIpc) is 2.85. The number of nitro benzene ring substituents is 1. The first-order chi connectivity index (χ1) is 9.58. The third kappa shape index (κ3) is 2.93. The Balaban J connectivity index is 2.10. The highest BCUT2D eigenvalue weighted by molar-refractivity contribution is 5.98. The quantitative estimate of drug-likeness (QED) is 0.261. The van der Waals surface area contributed by atoms with Crippen molar-refractivity contribution in [2.45, 2.75) is 0 Å². The van der Waals surface area contributed by atoms with Crippen LogP contribution < -0.4 is 16.6 Å². The molecule has 0 fully saturated rings. The van der Waals surface area contributed by atoms with Crippen LogP contribution in [0.5, 0.6) is 0 Å². The molecule has 0 atom stereocenters. The maximum atomic E-state index is 10.5. The van der Waals surface area contributed by atoms with E-state index in [2.05, 4.69) is 25.1 Å². The minimum absolute atomic E-state index is 0.00177. The second-order valence-corrected chi connectivity index (χ2v) is 3.62. The monoisotopic (exact) mass is 276 g/mol. The van der Waals surface area contributed by atoms with Crippen LogP contribution in [-0.4, -0.2) is 27.3 Å². The fourth-order valence-corrected chi connectivity index (χ4v) is 1.29. The van der Waals surface area contributed by atoms with Crippen molar-refractivity contribution in [1.82, 2.24) is 10.3 Å². The van der Waals surface area contributed by atoms with Crippen molar-refractivity contribution >= 4 is 23.6 Å². The van der Waals surface area contributed by atoms with Crippen LogP contribution in [0.15, 0.2) is 34.0 Å². The lowest BCUT2D eigenvalue weighted by molar-refractivity contribution is -0.456. The number of hydrogen-bond acceptors (Lipinski definition) is 7. The number of hydrogen-bond donors (Lipinski definition) is 3. The number of anilines is 1. The van der Waals surface area contributed by atoms with Gasteiger partial charge in [0.2, 0.25) is 12.1 Å². The Morgan fingerprint density at radius 2 is 2.10 bits per heavy atom. The molecule has 0 saturated carbocycles. The Kier molecular flexibility index (Phi) is 3.65. The summed E-state index contributed by atoms with van der Waals surface area (Å²) >= 11 is 0. The third-order valence-corrected chi connectivity index (χ3v) is 2.28. The molecule has 1 aromatic heterocycles. The van der Waals surface area contributed by atoms with E-state index in [1.165, 1.54) is 18.3 Å². The van der Waals surface area contributed by atoms with Gasteiger partial charge in [0.1, 0.15) is 0 Å². The molecule has 0 aliphatic heterocycles. The first-order valence-corrected chi connectivity index (χ1v) is 5.32. The number of non-ortho nitro benzene ring substituents is 1. The van der Waals surface area contributed by atoms with Crippen molar-refractivity contribution in [2.75, 3.05) is 5.73 Å². The molecule has 1 heterocycles. The van der Waals surface area contributed by atoms with Gasteiger partial charge in [-0.2, -0.15) is 0 Å². The molecule has 20 heavy (non-hydrogen) atoms. The summed E-state index contributed by atoms with van der Waals surface area (Å²) in [6.07, 6.45) is 1.50. The highest BCUT2D eigenvalue weighted by Gasteiger charge is 2.11. The number of nitrogen functional groups attached to an aromatic ring is 1. The fourth-order valence-electron chi connectivity index (χ4n) is 1.29. The van der Waals surface area contributed by atoms with Gasteiger partial charge in [0.05, 0.1) is 4.92 Å². The van der Waals surface area contributed by atoms with Gasteiger partial charge in [-0.15, -0.1) is 5.10 Å². The zero-order valence-corrected chi connectivity index (χ0v) is 10.1. The Bertz CT molecular complexity index is 674. The number of rotatable bonds is 4. The van der Waals surface area contributed by atoms with E-state index in [1.54, 1.807) is 12.1 Å². The van der Waals surface area contributed by atoms with E-state index < -0.39 is 4.92 Å². The summed E-state index contributed by atoms with van der Waals surface area (Å²) in [6, 6.07) is 5.87. The zero-order valence-electron chi connectivity index (χ0n) is 10.1. The largest absolute Gasteiger partial charge is 0.379 e. The van der Waals surface area contributed by atoms with E-state index in [-0.39, 0.29) is 23.0 Å². The SMILES string of the molecule is NC(=N/[NH+]=C\c1ccc([N+](=O)[O-])cc1)c1nonc1N. The minimum atomic E-state index is -0.478. The molecule has 1 aromatic carbocycles. The summed E-state index contributed by atoms with van der Waals surface area (Å²) in [6.45, 7) is 0. The molecular formula is C10H10N7O3+. The van der Waals surface area contributed by atoms with Crippen LogP contribution in [0.3, 0.4) is 0 Å². The van der Waals surface area contributed by atoms with Gasteiger partial charge in [-0.1, -0.05) is 0 Å². The number of nitrogens with zero attached hydrogens (tertiary/aromatic N) is 4. The molecule has 0 unspecified atom stereocenters. The van der Waals surface area contributed by atoms with Gasteiger partial charge in [0, 0.05) is 22.8 Å². The average molecular weight is 276 g/mol. The van der Waals surface area contributed by atoms with Gasteiger partial charge in [0.15, 0.2) is 11.5 Å². The molecule has 0 saturated heterocycles. The molecule has 0 bridgehead atoms. The molecule has 2 aromatic rings. The number of hydrazone groups is 1. The smallest absolute Gasteiger partial charge is 0.269 e. The van der Waals surface area contributed by atoms with Crippen molar-refractivity contribution in [3.63, 3.8) is 0 Å². The normalized spacial score (nSPS) is 11.9. The van der Waals surface area contributed by atoms with Gasteiger partial charge < -0.3 is 11.5 Å². The van der Waals surface area contributed by atoms with Crippen molar-refractivity contribution < 1.29 is 14.7 Å². The Labute approximate surface area is 111 Å². The van der Waals surface area contributed by atoms with Crippen LogP contribution >= 0.6 is 0 Å². The maximum Gasteiger partial charge on any atom is 0.269 e. The highest BCUT2D eigenvalue weighted by atomic mass is 16.6. The first kappa shape index (κ1) is 13.1. The molecule has 0 aliphatic carbocycles. The van der Waals surface area contributed by atoms with Crippen LogP contribution in [-0.2, 0) is 0 Å².